The van der Waals surface area contributed by atoms with E-state index in [1.165, 1.54) is 18.7 Å². The van der Waals surface area contributed by atoms with Crippen molar-refractivity contribution in [2.45, 2.75) is 25.8 Å². The number of piperidine rings is 1. The summed E-state index contributed by atoms with van der Waals surface area (Å²) in [6, 6.07) is 15.0. The molecule has 0 aliphatic carbocycles. The number of nitrogens with one attached hydrogen (secondary N) is 2. The Balaban J connectivity index is 1.63. The highest BCUT2D eigenvalue weighted by Crippen LogP contribution is 2.26. The van der Waals surface area contributed by atoms with Gasteiger partial charge in [-0.1, -0.05) is 30.3 Å². The van der Waals surface area contributed by atoms with Crippen molar-refractivity contribution in [3.63, 3.8) is 0 Å². The molecule has 0 bridgehead atoms. The first kappa shape index (κ1) is 19.8. The molecule has 146 valence electrons. The van der Waals surface area contributed by atoms with Crippen LogP contribution in [-0.2, 0) is 6.54 Å². The van der Waals surface area contributed by atoms with Gasteiger partial charge >= 0.3 is 0 Å². The fourth-order valence-electron chi connectivity index (χ4n) is 3.14. The van der Waals surface area contributed by atoms with E-state index in [0.717, 1.165) is 37.2 Å². The topological polar surface area (TPSA) is 82.8 Å². The van der Waals surface area contributed by atoms with E-state index in [1.807, 2.05) is 36.4 Å². The molecule has 0 radical (unpaired) electrons. The lowest BCUT2D eigenvalue weighted by molar-refractivity contribution is -0.385. The average Bonchev–Trinajstić information content (AvgIpc) is 2.73. The summed E-state index contributed by atoms with van der Waals surface area (Å²) in [5, 5.41) is 18.8. The molecule has 1 heterocycles. The Morgan fingerprint density at radius 3 is 2.64 bits per heavy atom. The van der Waals surface area contributed by atoms with Crippen molar-refractivity contribution >= 4 is 34.9 Å². The van der Waals surface area contributed by atoms with Gasteiger partial charge in [-0.2, -0.15) is 5.10 Å². The highest BCUT2D eigenvalue weighted by Gasteiger charge is 2.17. The van der Waals surface area contributed by atoms with E-state index in [1.54, 1.807) is 6.07 Å². The van der Waals surface area contributed by atoms with Crippen LogP contribution in [0.15, 0.2) is 53.6 Å². The molecular weight excluding hydrogens is 374 g/mol. The van der Waals surface area contributed by atoms with Crippen molar-refractivity contribution in [3.05, 3.63) is 69.8 Å². The Morgan fingerprint density at radius 2 is 1.93 bits per heavy atom. The zero-order valence-electron chi connectivity index (χ0n) is 15.5. The Kier molecular flexibility index (Phi) is 6.91. The molecule has 0 spiro atoms. The predicted octanol–water partition coefficient (Wildman–Crippen LogP) is 3.58. The van der Waals surface area contributed by atoms with E-state index >= 15 is 0 Å². The molecule has 1 aliphatic heterocycles. The summed E-state index contributed by atoms with van der Waals surface area (Å²) in [7, 11) is 0. The van der Waals surface area contributed by atoms with Gasteiger partial charge in [-0.25, -0.2) is 0 Å². The molecule has 0 saturated carbocycles. The van der Waals surface area contributed by atoms with Crippen molar-refractivity contribution in [2.24, 2.45) is 5.10 Å². The van der Waals surface area contributed by atoms with Crippen LogP contribution in [0.25, 0.3) is 0 Å². The van der Waals surface area contributed by atoms with Crippen LogP contribution in [0.3, 0.4) is 0 Å². The van der Waals surface area contributed by atoms with Crippen molar-refractivity contribution in [1.29, 1.82) is 0 Å². The normalized spacial score (nSPS) is 14.1. The summed E-state index contributed by atoms with van der Waals surface area (Å²) in [5.74, 6) is 0. The maximum Gasteiger partial charge on any atom is 0.278 e. The van der Waals surface area contributed by atoms with Crippen LogP contribution in [0.1, 0.15) is 30.4 Å². The third-order valence-electron chi connectivity index (χ3n) is 4.59. The van der Waals surface area contributed by atoms with Crippen LogP contribution in [-0.4, -0.2) is 29.3 Å². The number of hydrogen-bond acceptors (Lipinski definition) is 5. The van der Waals surface area contributed by atoms with Gasteiger partial charge in [-0.05, 0) is 49.2 Å². The molecular formula is C20H23N5O2S. The minimum atomic E-state index is -0.396. The molecule has 7 nitrogen and oxygen atoms in total. The third-order valence-corrected chi connectivity index (χ3v) is 4.83. The molecule has 0 unspecified atom stereocenters. The van der Waals surface area contributed by atoms with E-state index in [-0.39, 0.29) is 5.69 Å². The molecule has 1 fully saturated rings. The summed E-state index contributed by atoms with van der Waals surface area (Å²) in [6.07, 6.45) is 4.96. The first-order valence-electron chi connectivity index (χ1n) is 9.28. The zero-order chi connectivity index (χ0) is 19.8. The fourth-order valence-corrected chi connectivity index (χ4v) is 3.26. The SMILES string of the molecule is O=[N+]([O-])c1ccc(N2CCCCC2)cc1C=NNC(=S)NCc1ccccc1. The summed E-state index contributed by atoms with van der Waals surface area (Å²) in [6.45, 7) is 2.52. The van der Waals surface area contributed by atoms with Crippen LogP contribution in [0.4, 0.5) is 11.4 Å². The summed E-state index contributed by atoms with van der Waals surface area (Å²) in [5.41, 5.74) is 5.27. The second-order valence-electron chi connectivity index (χ2n) is 6.59. The van der Waals surface area contributed by atoms with Crippen molar-refractivity contribution in [1.82, 2.24) is 10.7 Å². The van der Waals surface area contributed by atoms with Crippen LogP contribution in [0.5, 0.6) is 0 Å². The second kappa shape index (κ2) is 9.80. The van der Waals surface area contributed by atoms with E-state index in [9.17, 15) is 10.1 Å². The largest absolute Gasteiger partial charge is 0.372 e. The summed E-state index contributed by atoms with van der Waals surface area (Å²) < 4.78 is 0. The maximum atomic E-state index is 11.3. The van der Waals surface area contributed by atoms with Crippen molar-refractivity contribution in [3.8, 4) is 0 Å². The first-order valence-corrected chi connectivity index (χ1v) is 9.68. The van der Waals surface area contributed by atoms with Crippen molar-refractivity contribution < 1.29 is 4.92 Å². The Morgan fingerprint density at radius 1 is 1.18 bits per heavy atom. The van der Waals surface area contributed by atoms with Crippen LogP contribution >= 0.6 is 12.2 Å². The smallest absolute Gasteiger partial charge is 0.278 e. The summed E-state index contributed by atoms with van der Waals surface area (Å²) >= 11 is 5.20. The minimum absolute atomic E-state index is 0.0227. The number of rotatable bonds is 6. The molecule has 0 atom stereocenters. The van der Waals surface area contributed by atoms with E-state index in [0.29, 0.717) is 17.2 Å². The molecule has 8 heteroatoms. The number of anilines is 1. The Bertz CT molecular complexity index is 851. The van der Waals surface area contributed by atoms with E-state index in [4.69, 9.17) is 12.2 Å². The molecule has 0 amide bonds. The highest BCUT2D eigenvalue weighted by atomic mass is 32.1. The number of nitro benzene ring substituents is 1. The Labute approximate surface area is 169 Å². The summed E-state index contributed by atoms with van der Waals surface area (Å²) in [4.78, 5) is 13.2. The highest BCUT2D eigenvalue weighted by molar-refractivity contribution is 7.80. The van der Waals surface area contributed by atoms with Gasteiger partial charge < -0.3 is 10.2 Å². The lowest BCUT2D eigenvalue weighted by atomic mass is 10.1. The monoisotopic (exact) mass is 397 g/mol. The van der Waals surface area contributed by atoms with Crippen molar-refractivity contribution in [2.75, 3.05) is 18.0 Å². The predicted molar refractivity (Wildman–Crippen MR) is 116 cm³/mol. The molecule has 2 N–H and O–H groups in total. The molecule has 1 aliphatic rings. The number of hydrazone groups is 1. The number of thiocarbonyl (C=S) groups is 1. The van der Waals surface area contributed by atoms with Crippen LogP contribution < -0.4 is 15.6 Å². The lowest BCUT2D eigenvalue weighted by Crippen LogP contribution is -2.31. The standard InChI is InChI=1S/C20H23N5O2S/c26-25(27)19-10-9-18(24-11-5-2-6-12-24)13-17(19)15-22-23-20(28)21-14-16-7-3-1-4-8-16/h1,3-4,7-10,13,15H,2,5-6,11-12,14H2,(H2,21,23,28). The second-order valence-corrected chi connectivity index (χ2v) is 6.99. The Hall–Kier alpha value is -3.00. The molecule has 3 rings (SSSR count). The quantitative estimate of drug-likeness (QED) is 0.336. The third kappa shape index (κ3) is 5.50. The first-order chi connectivity index (χ1) is 13.6. The van der Waals surface area contributed by atoms with Gasteiger partial charge in [0.05, 0.1) is 16.7 Å². The zero-order valence-corrected chi connectivity index (χ0v) is 16.3. The molecule has 2 aromatic carbocycles. The average molecular weight is 398 g/mol. The van der Waals surface area contributed by atoms with E-state index < -0.39 is 4.92 Å². The fraction of sp³-hybridized carbons (Fsp3) is 0.300. The number of nitro groups is 1. The van der Waals surface area contributed by atoms with Gasteiger partial charge in [0.2, 0.25) is 0 Å². The number of benzene rings is 2. The van der Waals surface area contributed by atoms with Gasteiger partial charge in [0.1, 0.15) is 0 Å². The van der Waals surface area contributed by atoms with Gasteiger partial charge in [-0.15, -0.1) is 0 Å². The molecule has 28 heavy (non-hydrogen) atoms. The van der Waals surface area contributed by atoms with Gasteiger partial charge in [-0.3, -0.25) is 15.5 Å². The lowest BCUT2D eigenvalue weighted by Gasteiger charge is -2.28. The van der Waals surface area contributed by atoms with E-state index in [2.05, 4.69) is 20.7 Å². The van der Waals surface area contributed by atoms with Gasteiger partial charge in [0, 0.05) is 31.4 Å². The maximum absolute atomic E-state index is 11.3. The van der Waals surface area contributed by atoms with Gasteiger partial charge in [0.15, 0.2) is 5.11 Å². The minimum Gasteiger partial charge on any atom is -0.372 e. The van der Waals surface area contributed by atoms with Gasteiger partial charge in [0.25, 0.3) is 5.69 Å². The van der Waals surface area contributed by atoms with Crippen LogP contribution in [0.2, 0.25) is 0 Å². The molecule has 0 aromatic heterocycles. The molecule has 1 saturated heterocycles. The van der Waals surface area contributed by atoms with Crippen LogP contribution in [0, 0.1) is 10.1 Å². The number of nitrogens with zero attached hydrogens (tertiary/aromatic N) is 3. The number of hydrogen-bond donors (Lipinski definition) is 2. The molecule has 2 aromatic rings.